The predicted octanol–water partition coefficient (Wildman–Crippen LogP) is 3.37. The lowest BCUT2D eigenvalue weighted by Crippen LogP contribution is -2.48. The molecule has 0 spiro atoms. The van der Waals surface area contributed by atoms with Crippen LogP contribution < -0.4 is 5.73 Å². The van der Waals surface area contributed by atoms with E-state index in [1.165, 1.54) is 31.2 Å². The molecule has 106 valence electrons. The first-order valence-electron chi connectivity index (χ1n) is 7.53. The van der Waals surface area contributed by atoms with E-state index in [4.69, 9.17) is 5.73 Å². The minimum atomic E-state index is -0.267. The van der Waals surface area contributed by atoms with Gasteiger partial charge in [-0.3, -0.25) is 0 Å². The molecule has 0 aliphatic heterocycles. The summed E-state index contributed by atoms with van der Waals surface area (Å²) < 4.78 is 0. The van der Waals surface area contributed by atoms with E-state index in [1.54, 1.807) is 0 Å². The molecule has 1 aliphatic carbocycles. The fourth-order valence-corrected chi connectivity index (χ4v) is 3.36. The summed E-state index contributed by atoms with van der Waals surface area (Å²) in [4.78, 5) is 2.47. The predicted molar refractivity (Wildman–Crippen MR) is 82.0 cm³/mol. The molecule has 1 aromatic carbocycles. The van der Waals surface area contributed by atoms with Crippen molar-refractivity contribution in [2.24, 2.45) is 11.7 Å². The maximum Gasteiger partial charge on any atom is 0.0509 e. The summed E-state index contributed by atoms with van der Waals surface area (Å²) in [5, 5.41) is 0. The van der Waals surface area contributed by atoms with Gasteiger partial charge >= 0.3 is 0 Å². The first-order chi connectivity index (χ1) is 8.99. The minimum Gasteiger partial charge on any atom is -0.321 e. The van der Waals surface area contributed by atoms with E-state index in [0.29, 0.717) is 6.04 Å². The zero-order valence-electron chi connectivity index (χ0n) is 12.6. The highest BCUT2D eigenvalue weighted by atomic mass is 15.1. The van der Waals surface area contributed by atoms with Crippen molar-refractivity contribution in [2.45, 2.75) is 51.1 Å². The molecule has 3 unspecified atom stereocenters. The maximum atomic E-state index is 6.54. The Bertz CT molecular complexity index is 386. The van der Waals surface area contributed by atoms with E-state index >= 15 is 0 Å². The second kappa shape index (κ2) is 6.06. The lowest BCUT2D eigenvalue weighted by atomic mass is 9.85. The largest absolute Gasteiger partial charge is 0.321 e. The maximum absolute atomic E-state index is 6.54. The van der Waals surface area contributed by atoms with Gasteiger partial charge in [-0.1, -0.05) is 50.1 Å². The Morgan fingerprint density at radius 1 is 1.26 bits per heavy atom. The van der Waals surface area contributed by atoms with E-state index in [-0.39, 0.29) is 5.54 Å². The van der Waals surface area contributed by atoms with Gasteiger partial charge in [-0.15, -0.1) is 0 Å². The molecule has 0 radical (unpaired) electrons. The monoisotopic (exact) mass is 260 g/mol. The fourth-order valence-electron chi connectivity index (χ4n) is 3.36. The average Bonchev–Trinajstić information content (AvgIpc) is 2.39. The van der Waals surface area contributed by atoms with Gasteiger partial charge < -0.3 is 10.6 Å². The number of nitrogens with zero attached hydrogens (tertiary/aromatic N) is 1. The molecule has 0 aromatic heterocycles. The van der Waals surface area contributed by atoms with E-state index in [9.17, 15) is 0 Å². The molecule has 2 rings (SSSR count). The smallest absolute Gasteiger partial charge is 0.0509 e. The summed E-state index contributed by atoms with van der Waals surface area (Å²) in [6, 6.07) is 11.2. The van der Waals surface area contributed by atoms with Gasteiger partial charge in [0, 0.05) is 12.6 Å². The molecule has 1 aromatic rings. The third-order valence-electron chi connectivity index (χ3n) is 4.54. The lowest BCUT2D eigenvalue weighted by Gasteiger charge is -2.38. The first-order valence-corrected chi connectivity index (χ1v) is 7.53. The summed E-state index contributed by atoms with van der Waals surface area (Å²) in [5.74, 6) is 0.863. The molecule has 3 atom stereocenters. The van der Waals surface area contributed by atoms with Gasteiger partial charge in [-0.05, 0) is 38.3 Å². The lowest BCUT2D eigenvalue weighted by molar-refractivity contribution is 0.137. The van der Waals surface area contributed by atoms with Crippen LogP contribution >= 0.6 is 0 Å². The van der Waals surface area contributed by atoms with E-state index in [2.05, 4.69) is 50.1 Å². The van der Waals surface area contributed by atoms with Gasteiger partial charge in [-0.2, -0.15) is 0 Å². The molecule has 0 heterocycles. The van der Waals surface area contributed by atoms with E-state index in [1.807, 2.05) is 6.07 Å². The molecular formula is C17H28N2. The summed E-state index contributed by atoms with van der Waals surface area (Å²) in [6.07, 6.45) is 5.40. The van der Waals surface area contributed by atoms with Crippen LogP contribution in [-0.2, 0) is 5.54 Å². The average molecular weight is 260 g/mol. The zero-order chi connectivity index (χ0) is 13.9. The quantitative estimate of drug-likeness (QED) is 0.899. The number of benzene rings is 1. The number of rotatable bonds is 4. The normalized spacial score (nSPS) is 27.2. The molecule has 1 aliphatic rings. The molecule has 1 saturated carbocycles. The Morgan fingerprint density at radius 3 is 2.58 bits per heavy atom. The molecular weight excluding hydrogens is 232 g/mol. The molecule has 0 bridgehead atoms. The Morgan fingerprint density at radius 2 is 1.95 bits per heavy atom. The van der Waals surface area contributed by atoms with Crippen molar-refractivity contribution in [2.75, 3.05) is 13.6 Å². The summed E-state index contributed by atoms with van der Waals surface area (Å²) in [7, 11) is 2.23. The van der Waals surface area contributed by atoms with Crippen LogP contribution in [0.2, 0.25) is 0 Å². The second-order valence-electron chi connectivity index (χ2n) is 6.62. The highest BCUT2D eigenvalue weighted by Crippen LogP contribution is 2.28. The van der Waals surface area contributed by atoms with E-state index in [0.717, 1.165) is 12.5 Å². The van der Waals surface area contributed by atoms with Crippen LogP contribution in [-0.4, -0.2) is 24.5 Å². The van der Waals surface area contributed by atoms with Gasteiger partial charge in [-0.25, -0.2) is 0 Å². The Kier molecular flexibility index (Phi) is 4.64. The van der Waals surface area contributed by atoms with Crippen LogP contribution in [0.3, 0.4) is 0 Å². The Labute approximate surface area is 118 Å². The van der Waals surface area contributed by atoms with Crippen molar-refractivity contribution in [1.82, 2.24) is 4.90 Å². The van der Waals surface area contributed by atoms with E-state index < -0.39 is 0 Å². The highest BCUT2D eigenvalue weighted by Gasteiger charge is 2.28. The Hall–Kier alpha value is -0.860. The third kappa shape index (κ3) is 3.80. The molecule has 1 fully saturated rings. The van der Waals surface area contributed by atoms with Crippen LogP contribution in [0, 0.1) is 5.92 Å². The number of nitrogens with two attached hydrogens (primary N) is 1. The highest BCUT2D eigenvalue weighted by molar-refractivity contribution is 5.23. The van der Waals surface area contributed by atoms with Crippen molar-refractivity contribution >= 4 is 0 Å². The van der Waals surface area contributed by atoms with Gasteiger partial charge in [0.25, 0.3) is 0 Å². The fraction of sp³-hybridized carbons (Fsp3) is 0.647. The molecule has 2 heteroatoms. The van der Waals surface area contributed by atoms with Crippen LogP contribution in [0.1, 0.15) is 45.1 Å². The van der Waals surface area contributed by atoms with Gasteiger partial charge in [0.05, 0.1) is 5.54 Å². The van der Waals surface area contributed by atoms with Gasteiger partial charge in [0.1, 0.15) is 0 Å². The van der Waals surface area contributed by atoms with Crippen molar-refractivity contribution in [3.05, 3.63) is 35.9 Å². The van der Waals surface area contributed by atoms with Crippen LogP contribution in [0.4, 0.5) is 0 Å². The number of hydrogen-bond donors (Lipinski definition) is 1. The standard InChI is InChI=1S/C17H28N2/c1-14-8-7-11-16(12-14)19(3)13-17(2,18)15-9-5-4-6-10-15/h4-6,9-10,14,16H,7-8,11-13,18H2,1-3H3. The molecule has 19 heavy (non-hydrogen) atoms. The van der Waals surface area contributed by atoms with Crippen molar-refractivity contribution in [3.8, 4) is 0 Å². The van der Waals surface area contributed by atoms with Crippen molar-refractivity contribution in [3.63, 3.8) is 0 Å². The van der Waals surface area contributed by atoms with Crippen molar-refractivity contribution < 1.29 is 0 Å². The summed E-state index contributed by atoms with van der Waals surface area (Å²) in [6.45, 7) is 5.44. The first kappa shape index (κ1) is 14.5. The Balaban J connectivity index is 1.99. The third-order valence-corrected chi connectivity index (χ3v) is 4.54. The molecule has 2 N–H and O–H groups in total. The zero-order valence-corrected chi connectivity index (χ0v) is 12.6. The minimum absolute atomic E-state index is 0.267. The van der Waals surface area contributed by atoms with Crippen LogP contribution in [0.15, 0.2) is 30.3 Å². The number of hydrogen-bond acceptors (Lipinski definition) is 2. The second-order valence-corrected chi connectivity index (χ2v) is 6.62. The number of likely N-dealkylation sites (N-methyl/N-ethyl adjacent to an activating group) is 1. The molecule has 0 amide bonds. The van der Waals surface area contributed by atoms with Crippen molar-refractivity contribution in [1.29, 1.82) is 0 Å². The summed E-state index contributed by atoms with van der Waals surface area (Å²) in [5.41, 5.74) is 7.50. The SMILES string of the molecule is CC1CCCC(N(C)CC(C)(N)c2ccccc2)C1. The summed E-state index contributed by atoms with van der Waals surface area (Å²) >= 11 is 0. The topological polar surface area (TPSA) is 29.3 Å². The van der Waals surface area contributed by atoms with Crippen LogP contribution in [0.5, 0.6) is 0 Å². The van der Waals surface area contributed by atoms with Crippen LogP contribution in [0.25, 0.3) is 0 Å². The van der Waals surface area contributed by atoms with Gasteiger partial charge in [0.15, 0.2) is 0 Å². The van der Waals surface area contributed by atoms with Gasteiger partial charge in [0.2, 0.25) is 0 Å². The molecule has 0 saturated heterocycles. The molecule has 2 nitrogen and oxygen atoms in total.